The largest absolute Gasteiger partial charge is 0.464 e. The molecule has 1 saturated heterocycles. The predicted molar refractivity (Wildman–Crippen MR) is 377 cm³/mol. The summed E-state index contributed by atoms with van der Waals surface area (Å²) < 4.78 is 62.2. The summed E-state index contributed by atoms with van der Waals surface area (Å²) in [5.74, 6) is -2.31. The molecule has 1 aromatic rings. The predicted octanol–water partition coefficient (Wildman–Crippen LogP) is 12.6. The van der Waals surface area contributed by atoms with Gasteiger partial charge in [0, 0.05) is 111 Å². The van der Waals surface area contributed by atoms with Gasteiger partial charge in [-0.25, -0.2) is 11.6 Å². The van der Waals surface area contributed by atoms with Crippen molar-refractivity contribution in [3.05, 3.63) is 35.8 Å². The van der Waals surface area contributed by atoms with Crippen LogP contribution in [0, 0.1) is 23.3 Å². The average molecular weight is 1430 g/mol. The maximum Gasteiger partial charge on any atom is 0.322 e. The van der Waals surface area contributed by atoms with Crippen molar-refractivity contribution in [3.63, 3.8) is 0 Å². The Bertz CT molecular complexity index is 2530. The van der Waals surface area contributed by atoms with Gasteiger partial charge in [-0.1, -0.05) is 81.9 Å². The molecule has 9 atom stereocenters. The summed E-state index contributed by atoms with van der Waals surface area (Å²) in [5.41, 5.74) is -5.15. The lowest BCUT2D eigenvalue weighted by Gasteiger charge is -2.44. The Kier molecular flexibility index (Phi) is 44.9. The van der Waals surface area contributed by atoms with Crippen molar-refractivity contribution in [2.75, 3.05) is 91.3 Å². The van der Waals surface area contributed by atoms with Gasteiger partial charge in [0.25, 0.3) is 0 Å². The normalized spacial score (nSPS) is 18.8. The van der Waals surface area contributed by atoms with E-state index in [0.717, 1.165) is 42.5 Å². The van der Waals surface area contributed by atoms with Crippen molar-refractivity contribution >= 4 is 108 Å². The molecular formula is C68H111N3O19S5. The highest BCUT2D eigenvalue weighted by Gasteiger charge is 2.55. The van der Waals surface area contributed by atoms with Gasteiger partial charge < -0.3 is 62.3 Å². The van der Waals surface area contributed by atoms with E-state index in [0.29, 0.717) is 47.3 Å². The number of carbonyl (C=O) groups is 8. The number of Topliss-reactive ketones (excluding diaryl/α,β-unsaturated/α-hetero) is 2. The summed E-state index contributed by atoms with van der Waals surface area (Å²) in [6, 6.07) is 4.91. The summed E-state index contributed by atoms with van der Waals surface area (Å²) in [7, 11) is 4.34. The van der Waals surface area contributed by atoms with E-state index in [4.69, 9.17) is 70.9 Å². The van der Waals surface area contributed by atoms with Gasteiger partial charge in [-0.3, -0.25) is 38.4 Å². The molecule has 22 nitrogen and oxygen atoms in total. The molecule has 0 saturated carbocycles. The quantitative estimate of drug-likeness (QED) is 0.0159. The highest BCUT2D eigenvalue weighted by atomic mass is 33.1. The maximum absolute atomic E-state index is 14.8. The summed E-state index contributed by atoms with van der Waals surface area (Å²) in [5, 5.41) is 3.63. The van der Waals surface area contributed by atoms with Crippen molar-refractivity contribution in [2.24, 2.45) is 16.7 Å². The Labute approximate surface area is 588 Å². The monoisotopic (exact) mass is 1430 g/mol. The lowest BCUT2D eigenvalue weighted by Crippen LogP contribution is -2.62. The van der Waals surface area contributed by atoms with Crippen LogP contribution >= 0.6 is 57.3 Å². The number of hydrogen-bond acceptors (Lipinski definition) is 25. The fourth-order valence-corrected chi connectivity index (χ4v) is 15.8. The first kappa shape index (κ1) is 89.1. The van der Waals surface area contributed by atoms with E-state index in [1.54, 1.807) is 54.7 Å². The number of unbranched alkanes of at least 4 members (excludes halogenated alkanes) is 3. The highest BCUT2D eigenvalue weighted by molar-refractivity contribution is 8.76. The van der Waals surface area contributed by atoms with Gasteiger partial charge in [0.2, 0.25) is 11.4 Å². The molecule has 0 aliphatic carbocycles. The van der Waals surface area contributed by atoms with E-state index in [1.807, 2.05) is 39.0 Å². The van der Waals surface area contributed by atoms with Crippen LogP contribution in [0.5, 0.6) is 0 Å². The van der Waals surface area contributed by atoms with Gasteiger partial charge in [0.15, 0.2) is 6.29 Å². The van der Waals surface area contributed by atoms with E-state index in [1.165, 1.54) is 54.3 Å². The zero-order valence-electron chi connectivity index (χ0n) is 57.9. The fraction of sp³-hybridized carbons (Fsp3) is 0.779. The van der Waals surface area contributed by atoms with Crippen LogP contribution in [0.15, 0.2) is 29.4 Å². The summed E-state index contributed by atoms with van der Waals surface area (Å²) in [6.45, 7) is 30.5. The Morgan fingerprint density at radius 1 is 0.695 bits per heavy atom. The number of ketones is 2. The van der Waals surface area contributed by atoms with Crippen molar-refractivity contribution in [1.82, 2.24) is 10.3 Å². The molecule has 1 fully saturated rings. The zero-order chi connectivity index (χ0) is 70.2. The number of nitrogens with one attached hydrogen (secondary N) is 1. The minimum Gasteiger partial charge on any atom is -0.464 e. The smallest absolute Gasteiger partial charge is 0.322 e. The van der Waals surface area contributed by atoms with Gasteiger partial charge in [-0.05, 0) is 115 Å². The number of nitrogens with zero attached hydrogens (tertiary/aromatic N) is 2. The molecule has 2 heterocycles. The first-order valence-electron chi connectivity index (χ1n) is 32.6. The van der Waals surface area contributed by atoms with Crippen molar-refractivity contribution in [2.45, 2.75) is 239 Å². The molecule has 1 aliphatic heterocycles. The Morgan fingerprint density at radius 2 is 1.29 bits per heavy atom. The fourth-order valence-electron chi connectivity index (χ4n) is 10.9. The molecule has 542 valence electrons. The Morgan fingerprint density at radius 3 is 1.91 bits per heavy atom. The van der Waals surface area contributed by atoms with Crippen LogP contribution in [0.25, 0.3) is 4.85 Å². The number of aromatic nitrogens is 1. The third-order valence-corrected chi connectivity index (χ3v) is 20.0. The van der Waals surface area contributed by atoms with Gasteiger partial charge in [-0.15, -0.1) is 11.8 Å². The number of carbonyl (C=O) groups excluding carboxylic acids is 8. The molecule has 1 amide bonds. The van der Waals surface area contributed by atoms with E-state index in [-0.39, 0.29) is 160 Å². The lowest BCUT2D eigenvalue weighted by atomic mass is 9.64. The second-order valence-corrected chi connectivity index (χ2v) is 31.8. The summed E-state index contributed by atoms with van der Waals surface area (Å²) in [4.78, 5) is 115. The van der Waals surface area contributed by atoms with Crippen LogP contribution < -0.4 is 5.32 Å². The minimum atomic E-state index is -1.64. The van der Waals surface area contributed by atoms with Crippen LogP contribution in [-0.4, -0.2) is 188 Å². The van der Waals surface area contributed by atoms with Gasteiger partial charge in [0.05, 0.1) is 50.0 Å². The van der Waals surface area contributed by atoms with Gasteiger partial charge in [-0.2, -0.15) is 0 Å². The van der Waals surface area contributed by atoms with Crippen molar-refractivity contribution in [3.8, 4) is 0 Å². The molecule has 27 heteroatoms. The standard InChI is InChI=1S/C67H107N3O19S5.CH4/c1-15-53-48(3)57(87-50(5)72)56(70-49(4)71)58(88-53)83-35-22-18-17-19-25-52(74)30-36-82-39-38-80-33-23-26-51(73)29-31-66(11,68-13)46-64(9,59(76)86-43-44-92-94-54-27-20-21-32-69-54)45-65(10,47-67(12,93-62(90)91-16-2)61(78)85-41-37-79-14)60(77)84-42-40-81-34-24-28-55(75)89-63(6,7)8;/h20-21,27,32,48,53,56-58H,15-19,22-26,28-31,33-47H2,1-12,14H3,(H,70,71);1H4/t48-,53+,56+,57-,58+,64?,65?,66?,67?;/m0./s1. The minimum absolute atomic E-state index is 0. The number of hydrogen-bond donors (Lipinski definition) is 1. The molecule has 2 rings (SSSR count). The molecule has 1 aromatic heterocycles. The van der Waals surface area contributed by atoms with Crippen LogP contribution in [0.1, 0.15) is 193 Å². The van der Waals surface area contributed by atoms with Crippen LogP contribution in [0.3, 0.4) is 0 Å². The Hall–Kier alpha value is -3.95. The average Bonchev–Trinajstić information content (AvgIpc) is 0.783. The van der Waals surface area contributed by atoms with E-state index in [9.17, 15) is 38.4 Å². The molecule has 0 bridgehead atoms. The number of thiocarbonyl (C=S) groups is 1. The Balaban J connectivity index is 0.0000451. The number of esters is 5. The molecule has 95 heavy (non-hydrogen) atoms. The molecule has 0 radical (unpaired) electrons. The van der Waals surface area contributed by atoms with E-state index in [2.05, 4.69) is 15.1 Å². The summed E-state index contributed by atoms with van der Waals surface area (Å²) in [6.07, 6.45) is 5.24. The molecule has 0 spiro atoms. The third-order valence-electron chi connectivity index (χ3n) is 15.1. The number of thioether (sulfide) groups is 2. The molecule has 4 unspecified atom stereocenters. The summed E-state index contributed by atoms with van der Waals surface area (Å²) >= 11 is 8.16. The SMILES string of the molecule is C.[C-]#[N+]C(C)(CCC(=O)CCCOCCOCCC(=O)CCCCCCO[C@@H]1O[C@H](CC)[C@H](C)[C@H](OC(C)=O)[C@H]1NC(C)=O)CC(C)(CC(C)(CC(C)(SC(=S)SCC)C(=O)OCCOC)C(=O)OCCOCCCC(=O)OC(C)(C)C)C(=O)OCCSSc1ccccn1. The number of amides is 1. The first-order valence-corrected chi connectivity index (χ1v) is 37.2. The number of rotatable bonds is 50. The second-order valence-electron chi connectivity index (χ2n) is 25.4. The van der Waals surface area contributed by atoms with Crippen molar-refractivity contribution < 1.29 is 90.5 Å². The topological polar surface area (TPSA) is 267 Å². The van der Waals surface area contributed by atoms with E-state index >= 15 is 0 Å². The maximum atomic E-state index is 14.8. The third kappa shape index (κ3) is 37.2. The second kappa shape index (κ2) is 47.9. The lowest BCUT2D eigenvalue weighted by molar-refractivity contribution is -0.253. The number of methoxy groups -OCH3 is 1. The van der Waals surface area contributed by atoms with Gasteiger partial charge in [0.1, 0.15) is 62.4 Å². The number of pyridine rings is 1. The van der Waals surface area contributed by atoms with Crippen molar-refractivity contribution in [1.29, 1.82) is 0 Å². The molecule has 1 aliphatic rings. The van der Waals surface area contributed by atoms with Crippen LogP contribution in [0.2, 0.25) is 0 Å². The number of ether oxygens (including phenoxy) is 11. The van der Waals surface area contributed by atoms with Gasteiger partial charge >= 0.3 is 29.8 Å². The molecule has 1 N–H and O–H groups in total. The molecule has 0 aromatic carbocycles. The zero-order valence-corrected chi connectivity index (χ0v) is 62.0. The van der Waals surface area contributed by atoms with E-state index < -0.39 is 69.0 Å². The van der Waals surface area contributed by atoms with Crippen LogP contribution in [-0.2, 0) is 90.5 Å². The van der Waals surface area contributed by atoms with Crippen LogP contribution in [0.4, 0.5) is 0 Å². The highest BCUT2D eigenvalue weighted by Crippen LogP contribution is 2.50. The first-order chi connectivity index (χ1) is 44.5. The molecular weight excluding hydrogens is 1320 g/mol.